The zero-order valence-corrected chi connectivity index (χ0v) is 10.1. The Bertz CT molecular complexity index is 489. The molecule has 2 aromatic rings. The summed E-state index contributed by atoms with van der Waals surface area (Å²) in [4.78, 5) is 5.58. The van der Waals surface area contributed by atoms with Crippen molar-refractivity contribution >= 4 is 23.2 Å². The number of benzene rings is 1. The quantitative estimate of drug-likeness (QED) is 0.736. The fraction of sp³-hybridized carbons (Fsp3) is 0.154. The van der Waals surface area contributed by atoms with Crippen molar-refractivity contribution in [2.75, 3.05) is 7.11 Å². The number of methoxy groups -OCH3 is 1. The van der Waals surface area contributed by atoms with Gasteiger partial charge in [0.2, 0.25) is 0 Å². The molecule has 0 saturated heterocycles. The van der Waals surface area contributed by atoms with Crippen molar-refractivity contribution in [2.24, 2.45) is 4.99 Å². The molecule has 1 aromatic carbocycles. The number of nitrogens with zero attached hydrogens (tertiary/aromatic N) is 1. The van der Waals surface area contributed by atoms with Gasteiger partial charge in [-0.25, -0.2) is 0 Å². The summed E-state index contributed by atoms with van der Waals surface area (Å²) in [5.41, 5.74) is 2.05. The molecule has 0 fully saturated rings. The predicted molar refractivity (Wildman–Crippen MR) is 69.3 cm³/mol. The zero-order chi connectivity index (χ0) is 11.4. The van der Waals surface area contributed by atoms with Gasteiger partial charge in [-0.05, 0) is 36.1 Å². The highest BCUT2D eigenvalue weighted by Crippen LogP contribution is 2.28. The minimum Gasteiger partial charge on any atom is -0.494 e. The number of aliphatic imine (C=N–C) groups is 1. The summed E-state index contributed by atoms with van der Waals surface area (Å²) in [5.74, 6) is 0.804. The van der Waals surface area contributed by atoms with Crippen LogP contribution < -0.4 is 4.74 Å². The molecule has 0 atom stereocenters. The van der Waals surface area contributed by atoms with Gasteiger partial charge >= 0.3 is 0 Å². The second kappa shape index (κ2) is 4.94. The van der Waals surface area contributed by atoms with E-state index < -0.39 is 0 Å². The summed E-state index contributed by atoms with van der Waals surface area (Å²) in [6, 6.07) is 10.0. The minimum atomic E-state index is 0.804. The molecule has 0 spiro atoms. The van der Waals surface area contributed by atoms with Crippen LogP contribution in [0.4, 0.5) is 5.69 Å². The van der Waals surface area contributed by atoms with Gasteiger partial charge in [0.25, 0.3) is 0 Å². The van der Waals surface area contributed by atoms with Gasteiger partial charge in [0.05, 0.1) is 7.11 Å². The van der Waals surface area contributed by atoms with Crippen LogP contribution in [-0.2, 0) is 0 Å². The molecule has 1 aromatic heterocycles. The molecule has 3 heteroatoms. The largest absolute Gasteiger partial charge is 0.494 e. The van der Waals surface area contributed by atoms with E-state index in [0.29, 0.717) is 0 Å². The van der Waals surface area contributed by atoms with Crippen LogP contribution in [0.3, 0.4) is 0 Å². The number of hydrogen-bond donors (Lipinski definition) is 0. The molecule has 0 aliphatic carbocycles. The van der Waals surface area contributed by atoms with Crippen LogP contribution >= 0.6 is 11.3 Å². The molecular formula is C13H13NOS. The van der Waals surface area contributed by atoms with Gasteiger partial charge in [0, 0.05) is 11.1 Å². The van der Waals surface area contributed by atoms with Gasteiger partial charge in [-0.3, -0.25) is 4.99 Å². The summed E-state index contributed by atoms with van der Waals surface area (Å²) in [6.45, 7) is 2.05. The Morgan fingerprint density at radius 2 is 2.19 bits per heavy atom. The molecular weight excluding hydrogens is 218 g/mol. The normalized spacial score (nSPS) is 10.9. The molecule has 0 N–H and O–H groups in total. The Kier molecular flexibility index (Phi) is 3.37. The predicted octanol–water partition coefficient (Wildman–Crippen LogP) is 3.82. The molecule has 16 heavy (non-hydrogen) atoms. The van der Waals surface area contributed by atoms with Crippen molar-refractivity contribution in [1.82, 2.24) is 0 Å². The molecule has 1 heterocycles. The fourth-order valence-corrected chi connectivity index (χ4v) is 1.98. The van der Waals surface area contributed by atoms with E-state index in [9.17, 15) is 0 Å². The maximum Gasteiger partial charge on any atom is 0.144 e. The van der Waals surface area contributed by atoms with E-state index in [1.54, 1.807) is 18.4 Å². The van der Waals surface area contributed by atoms with Crippen LogP contribution in [-0.4, -0.2) is 13.3 Å². The first-order valence-corrected chi connectivity index (χ1v) is 5.90. The first kappa shape index (κ1) is 10.9. The van der Waals surface area contributed by atoms with E-state index in [1.165, 1.54) is 5.56 Å². The average molecular weight is 231 g/mol. The van der Waals surface area contributed by atoms with Crippen LogP contribution in [0.1, 0.15) is 10.4 Å². The molecule has 0 saturated carbocycles. The van der Waals surface area contributed by atoms with Crippen molar-refractivity contribution < 1.29 is 4.74 Å². The number of ether oxygens (including phenoxy) is 1. The van der Waals surface area contributed by atoms with E-state index >= 15 is 0 Å². The summed E-state index contributed by atoms with van der Waals surface area (Å²) < 4.78 is 5.26. The Hall–Kier alpha value is -1.61. The number of thiophene rings is 1. The Morgan fingerprint density at radius 3 is 2.88 bits per heavy atom. The smallest absolute Gasteiger partial charge is 0.144 e. The van der Waals surface area contributed by atoms with Crippen LogP contribution in [0, 0.1) is 6.92 Å². The standard InChI is InChI=1S/C13H13NOS/c1-10-5-6-13(15-2)12(8-10)14-9-11-4-3-7-16-11/h3-9H,1-2H3. The summed E-state index contributed by atoms with van der Waals surface area (Å²) in [5, 5.41) is 2.04. The lowest BCUT2D eigenvalue weighted by atomic mass is 10.2. The van der Waals surface area contributed by atoms with Crippen LogP contribution in [0.2, 0.25) is 0 Å². The lowest BCUT2D eigenvalue weighted by Gasteiger charge is -2.04. The third-order valence-electron chi connectivity index (χ3n) is 2.21. The highest BCUT2D eigenvalue weighted by Gasteiger charge is 2.00. The van der Waals surface area contributed by atoms with Crippen molar-refractivity contribution in [3.63, 3.8) is 0 Å². The molecule has 0 unspecified atom stereocenters. The van der Waals surface area contributed by atoms with E-state index in [0.717, 1.165) is 16.3 Å². The summed E-state index contributed by atoms with van der Waals surface area (Å²) >= 11 is 1.67. The molecule has 82 valence electrons. The Labute approximate surface area is 99.2 Å². The van der Waals surface area contributed by atoms with Crippen LogP contribution in [0.25, 0.3) is 0 Å². The van der Waals surface area contributed by atoms with Gasteiger partial charge in [-0.2, -0.15) is 0 Å². The summed E-state index contributed by atoms with van der Waals surface area (Å²) in [7, 11) is 1.66. The van der Waals surface area contributed by atoms with Crippen LogP contribution in [0.15, 0.2) is 40.7 Å². The first-order valence-electron chi connectivity index (χ1n) is 5.02. The molecule has 0 bridgehead atoms. The maximum absolute atomic E-state index is 5.26. The van der Waals surface area contributed by atoms with E-state index in [4.69, 9.17) is 4.74 Å². The molecule has 2 nitrogen and oxygen atoms in total. The molecule has 0 radical (unpaired) electrons. The molecule has 0 amide bonds. The average Bonchev–Trinajstić information content (AvgIpc) is 2.79. The molecule has 2 rings (SSSR count). The zero-order valence-electron chi connectivity index (χ0n) is 9.31. The number of hydrogen-bond acceptors (Lipinski definition) is 3. The lowest BCUT2D eigenvalue weighted by Crippen LogP contribution is -1.84. The molecule has 0 aliphatic heterocycles. The van der Waals surface area contributed by atoms with E-state index in [-0.39, 0.29) is 0 Å². The third kappa shape index (κ3) is 2.49. The topological polar surface area (TPSA) is 21.6 Å². The van der Waals surface area contributed by atoms with E-state index in [2.05, 4.69) is 4.99 Å². The van der Waals surface area contributed by atoms with Gasteiger partial charge < -0.3 is 4.74 Å². The molecule has 0 aliphatic rings. The monoisotopic (exact) mass is 231 g/mol. The van der Waals surface area contributed by atoms with Crippen molar-refractivity contribution in [2.45, 2.75) is 6.92 Å². The SMILES string of the molecule is COc1ccc(C)cc1N=Cc1cccs1. The van der Waals surface area contributed by atoms with Gasteiger partial charge in [-0.1, -0.05) is 12.1 Å². The first-order chi connectivity index (χ1) is 7.79. The van der Waals surface area contributed by atoms with Crippen molar-refractivity contribution in [3.05, 3.63) is 46.2 Å². The van der Waals surface area contributed by atoms with Gasteiger partial charge in [0.1, 0.15) is 11.4 Å². The Balaban J connectivity index is 2.29. The van der Waals surface area contributed by atoms with E-state index in [1.807, 2.05) is 48.9 Å². The van der Waals surface area contributed by atoms with Crippen LogP contribution in [0.5, 0.6) is 5.75 Å². The minimum absolute atomic E-state index is 0.804. The highest BCUT2D eigenvalue weighted by atomic mass is 32.1. The third-order valence-corrected chi connectivity index (χ3v) is 3.02. The maximum atomic E-state index is 5.26. The second-order valence-corrected chi connectivity index (χ2v) is 4.43. The van der Waals surface area contributed by atoms with Crippen molar-refractivity contribution in [3.8, 4) is 5.75 Å². The van der Waals surface area contributed by atoms with Gasteiger partial charge in [-0.15, -0.1) is 11.3 Å². The number of rotatable bonds is 3. The highest BCUT2D eigenvalue weighted by molar-refractivity contribution is 7.11. The van der Waals surface area contributed by atoms with Gasteiger partial charge in [0.15, 0.2) is 0 Å². The number of aryl methyl sites for hydroxylation is 1. The lowest BCUT2D eigenvalue weighted by molar-refractivity contribution is 0.416. The Morgan fingerprint density at radius 1 is 1.31 bits per heavy atom. The second-order valence-electron chi connectivity index (χ2n) is 3.45. The fourth-order valence-electron chi connectivity index (χ4n) is 1.40. The summed E-state index contributed by atoms with van der Waals surface area (Å²) in [6.07, 6.45) is 1.86. The van der Waals surface area contributed by atoms with Crippen molar-refractivity contribution in [1.29, 1.82) is 0 Å².